The van der Waals surface area contributed by atoms with Crippen LogP contribution in [0.2, 0.25) is 0 Å². The van der Waals surface area contributed by atoms with Crippen LogP contribution in [0, 0.1) is 22.5 Å². The highest BCUT2D eigenvalue weighted by molar-refractivity contribution is 7.73. The highest BCUT2D eigenvalue weighted by atomic mass is 32.1. The number of benzene rings is 2. The van der Waals surface area contributed by atoms with Crippen LogP contribution in [0.4, 0.5) is 8.78 Å². The second-order valence-electron chi connectivity index (χ2n) is 11.3. The van der Waals surface area contributed by atoms with E-state index in [1.807, 2.05) is 40.7 Å². The van der Waals surface area contributed by atoms with Crippen LogP contribution in [0.1, 0.15) is 11.1 Å². The lowest BCUT2D eigenvalue weighted by Crippen LogP contribution is -2.53. The van der Waals surface area contributed by atoms with Crippen LogP contribution in [0.3, 0.4) is 0 Å². The number of aryl methyl sites for hydroxylation is 1. The van der Waals surface area contributed by atoms with Crippen LogP contribution in [0.15, 0.2) is 66.2 Å². The van der Waals surface area contributed by atoms with Crippen molar-refractivity contribution in [2.45, 2.75) is 31.7 Å². The molecule has 11 nitrogen and oxygen atoms in total. The average molecular weight is 655 g/mol. The third-order valence-corrected chi connectivity index (χ3v) is 9.42. The molecule has 2 unspecified atom stereocenters. The Morgan fingerprint density at radius 2 is 1.80 bits per heavy atom. The lowest BCUT2D eigenvalue weighted by Gasteiger charge is -2.40. The fraction of sp³-hybridized carbons (Fsp3) is 0.367. The third-order valence-electron chi connectivity index (χ3n) is 8.07. The molecule has 4 heterocycles. The summed E-state index contributed by atoms with van der Waals surface area (Å²) in [5, 5.41) is 26.6. The maximum atomic E-state index is 14.8. The van der Waals surface area contributed by atoms with Crippen molar-refractivity contribution in [3.05, 3.63) is 98.5 Å². The first-order chi connectivity index (χ1) is 21.6. The predicted octanol–water partition coefficient (Wildman–Crippen LogP) is 2.72. The molecule has 1 fully saturated rings. The highest BCUT2D eigenvalue weighted by Gasteiger charge is 2.36. The van der Waals surface area contributed by atoms with Gasteiger partial charge in [-0.3, -0.25) is 23.7 Å². The lowest BCUT2D eigenvalue weighted by molar-refractivity contribution is -0.0348. The summed E-state index contributed by atoms with van der Waals surface area (Å²) < 4.78 is 34.0. The van der Waals surface area contributed by atoms with Crippen molar-refractivity contribution < 1.29 is 19.0 Å². The standard InChI is InChI=1S/C30H32F2N8O3S2/c1-20-4-2-3-5-25(20)40-27-26(45-29(40)44)28(42)38(19-34-27)14-22(41)13-36-8-10-37(11-9-36)15-30(43,16-39-18-33-17-35-39)23-7-6-21(31)12-24(23)32/h2-7,12,17-19,22,41,43H,8-11,13-16H2,1H3. The second-order valence-corrected chi connectivity index (χ2v) is 13.0. The summed E-state index contributed by atoms with van der Waals surface area (Å²) in [6, 6.07) is 10.9. The Kier molecular flexibility index (Phi) is 8.99. The number of nitrogens with zero attached hydrogens (tertiary/aromatic N) is 8. The summed E-state index contributed by atoms with van der Waals surface area (Å²) in [6.45, 7) is 4.63. The zero-order valence-corrected chi connectivity index (χ0v) is 26.1. The number of rotatable bonds is 10. The van der Waals surface area contributed by atoms with Crippen LogP contribution in [0.5, 0.6) is 0 Å². The smallest absolute Gasteiger partial charge is 0.273 e. The van der Waals surface area contributed by atoms with Crippen molar-refractivity contribution >= 4 is 33.9 Å². The number of piperazine rings is 1. The van der Waals surface area contributed by atoms with Gasteiger partial charge >= 0.3 is 0 Å². The van der Waals surface area contributed by atoms with Crippen molar-refractivity contribution in [2.75, 3.05) is 39.3 Å². The molecule has 0 aliphatic carbocycles. The normalized spacial score (nSPS) is 16.6. The molecule has 1 aliphatic rings. The molecule has 1 saturated heterocycles. The Bertz CT molecular complexity index is 1920. The van der Waals surface area contributed by atoms with Crippen LogP contribution in [-0.2, 0) is 18.7 Å². The molecule has 6 rings (SSSR count). The van der Waals surface area contributed by atoms with Gasteiger partial charge in [-0.05, 0) is 36.8 Å². The fourth-order valence-corrected chi connectivity index (χ4v) is 7.16. The molecule has 0 bridgehead atoms. The Hall–Kier alpha value is -3.73. The van der Waals surface area contributed by atoms with Gasteiger partial charge in [-0.15, -0.1) is 0 Å². The minimum atomic E-state index is -1.69. The summed E-state index contributed by atoms with van der Waals surface area (Å²) in [5.74, 6) is -1.56. The minimum Gasteiger partial charge on any atom is -0.390 e. The quantitative estimate of drug-likeness (QED) is 0.219. The summed E-state index contributed by atoms with van der Waals surface area (Å²) in [6.07, 6.45) is 3.37. The van der Waals surface area contributed by atoms with Gasteiger partial charge in [-0.2, -0.15) is 5.10 Å². The Labute approximate surface area is 266 Å². The number of hydrogen-bond acceptors (Lipinski definition) is 10. The summed E-state index contributed by atoms with van der Waals surface area (Å²) >= 11 is 6.78. The van der Waals surface area contributed by atoms with Gasteiger partial charge in [0, 0.05) is 50.9 Å². The largest absolute Gasteiger partial charge is 0.390 e. The van der Waals surface area contributed by atoms with Crippen molar-refractivity contribution in [3.63, 3.8) is 0 Å². The fourth-order valence-electron chi connectivity index (χ4n) is 5.84. The Morgan fingerprint density at radius 3 is 2.51 bits per heavy atom. The lowest BCUT2D eigenvalue weighted by atomic mass is 9.92. The number of aliphatic hydroxyl groups excluding tert-OH is 1. The van der Waals surface area contributed by atoms with Gasteiger partial charge in [0.25, 0.3) is 5.56 Å². The molecular weight excluding hydrogens is 623 g/mol. The number of thiazole rings is 1. The maximum absolute atomic E-state index is 14.8. The number of β-amino-alcohol motifs (C(OH)–C–C–N with tert-alkyl or cyclic N) is 2. The molecular formula is C30H32F2N8O3S2. The van der Waals surface area contributed by atoms with E-state index in [2.05, 4.69) is 20.0 Å². The van der Waals surface area contributed by atoms with E-state index in [1.54, 1.807) is 0 Å². The summed E-state index contributed by atoms with van der Waals surface area (Å²) in [7, 11) is 0. The van der Waals surface area contributed by atoms with Gasteiger partial charge < -0.3 is 10.2 Å². The van der Waals surface area contributed by atoms with E-state index in [1.165, 1.54) is 45.6 Å². The van der Waals surface area contributed by atoms with Crippen LogP contribution < -0.4 is 5.56 Å². The van der Waals surface area contributed by atoms with Crippen molar-refractivity contribution in [2.24, 2.45) is 0 Å². The van der Waals surface area contributed by atoms with E-state index >= 15 is 0 Å². The first kappa shape index (κ1) is 31.3. The second kappa shape index (κ2) is 12.9. The third kappa shape index (κ3) is 6.64. The molecule has 2 atom stereocenters. The molecule has 5 aromatic rings. The van der Waals surface area contributed by atoms with Gasteiger partial charge in [0.1, 0.15) is 40.9 Å². The molecule has 0 amide bonds. The summed E-state index contributed by atoms with van der Waals surface area (Å²) in [4.78, 5) is 25.9. The molecule has 2 aromatic carbocycles. The topological polar surface area (TPSA) is 117 Å². The van der Waals surface area contributed by atoms with Gasteiger partial charge in [0.15, 0.2) is 9.60 Å². The molecule has 236 valence electrons. The SMILES string of the molecule is Cc1ccccc1-n1c(=S)sc2c(=O)n(CC(O)CN3CCN(CC(O)(Cn4cncn4)c4ccc(F)cc4F)CC3)cnc21. The van der Waals surface area contributed by atoms with E-state index in [4.69, 9.17) is 12.2 Å². The van der Waals surface area contributed by atoms with Gasteiger partial charge in [-0.1, -0.05) is 35.6 Å². The van der Waals surface area contributed by atoms with Crippen LogP contribution in [-0.4, -0.2) is 94.3 Å². The molecule has 0 radical (unpaired) electrons. The Morgan fingerprint density at radius 1 is 1.04 bits per heavy atom. The first-order valence-electron chi connectivity index (χ1n) is 14.4. The average Bonchev–Trinajstić information content (AvgIpc) is 3.63. The molecule has 45 heavy (non-hydrogen) atoms. The molecule has 0 saturated carbocycles. The van der Waals surface area contributed by atoms with E-state index in [0.29, 0.717) is 47.0 Å². The van der Waals surface area contributed by atoms with E-state index in [0.717, 1.165) is 23.4 Å². The molecule has 0 spiro atoms. The monoisotopic (exact) mass is 654 g/mol. The minimum absolute atomic E-state index is 0.0217. The Balaban J connectivity index is 1.10. The number of hydrogen-bond donors (Lipinski definition) is 2. The zero-order valence-electron chi connectivity index (χ0n) is 24.5. The summed E-state index contributed by atoms with van der Waals surface area (Å²) in [5.41, 5.74) is 0.410. The van der Waals surface area contributed by atoms with E-state index in [9.17, 15) is 23.8 Å². The van der Waals surface area contributed by atoms with Gasteiger partial charge in [0.05, 0.1) is 24.9 Å². The van der Waals surface area contributed by atoms with Crippen LogP contribution >= 0.6 is 23.6 Å². The van der Waals surface area contributed by atoms with Crippen molar-refractivity contribution in [3.8, 4) is 5.69 Å². The highest BCUT2D eigenvalue weighted by Crippen LogP contribution is 2.29. The molecule has 1 aliphatic heterocycles. The number of para-hydroxylation sites is 1. The predicted molar refractivity (Wildman–Crippen MR) is 168 cm³/mol. The molecule has 2 N–H and O–H groups in total. The molecule has 15 heteroatoms. The van der Waals surface area contributed by atoms with Crippen molar-refractivity contribution in [1.29, 1.82) is 0 Å². The van der Waals surface area contributed by atoms with Gasteiger partial charge in [-0.25, -0.2) is 23.4 Å². The first-order valence-corrected chi connectivity index (χ1v) is 15.6. The van der Waals surface area contributed by atoms with E-state index < -0.39 is 23.3 Å². The number of aromatic nitrogens is 6. The molecule has 3 aromatic heterocycles. The van der Waals surface area contributed by atoms with Gasteiger partial charge in [0.2, 0.25) is 0 Å². The van der Waals surface area contributed by atoms with E-state index in [-0.39, 0.29) is 30.8 Å². The number of fused-ring (bicyclic) bond motifs is 1. The maximum Gasteiger partial charge on any atom is 0.273 e. The van der Waals surface area contributed by atoms with Crippen molar-refractivity contribution in [1.82, 2.24) is 38.7 Å². The number of aliphatic hydroxyl groups is 2. The zero-order chi connectivity index (χ0) is 31.7. The number of halogens is 2. The van der Waals surface area contributed by atoms with Crippen LogP contribution in [0.25, 0.3) is 16.0 Å².